The topological polar surface area (TPSA) is 71.8 Å². The van der Waals surface area contributed by atoms with Crippen molar-refractivity contribution in [2.45, 2.75) is 32.1 Å². The molecular weight excluding hydrogens is 413 g/mol. The lowest BCUT2D eigenvalue weighted by atomic mass is 10.2. The average Bonchev–Trinajstić information content (AvgIpc) is 3.10. The molecule has 152 valence electrons. The summed E-state index contributed by atoms with van der Waals surface area (Å²) in [7, 11) is 0. The fourth-order valence-electron chi connectivity index (χ4n) is 2.62. The Morgan fingerprint density at radius 3 is 2.59 bits per heavy atom. The van der Waals surface area contributed by atoms with Gasteiger partial charge in [0.25, 0.3) is 0 Å². The minimum atomic E-state index is -0.280. The monoisotopic (exact) mass is 433 g/mol. The van der Waals surface area contributed by atoms with Gasteiger partial charge >= 0.3 is 0 Å². The molecular formula is C20H21ClFN5OS. The van der Waals surface area contributed by atoms with Crippen LogP contribution in [0.4, 0.5) is 15.8 Å². The Morgan fingerprint density at radius 1 is 1.17 bits per heavy atom. The molecule has 0 spiro atoms. The van der Waals surface area contributed by atoms with Crippen LogP contribution in [0.25, 0.3) is 0 Å². The largest absolute Gasteiger partial charge is 0.378 e. The molecule has 0 aliphatic heterocycles. The highest BCUT2D eigenvalue weighted by molar-refractivity contribution is 7.99. The number of rotatable bonds is 8. The number of nitrogens with zero attached hydrogens (tertiary/aromatic N) is 3. The van der Waals surface area contributed by atoms with Crippen LogP contribution >= 0.6 is 23.4 Å². The molecule has 0 saturated carbocycles. The van der Waals surface area contributed by atoms with Gasteiger partial charge < -0.3 is 15.2 Å². The van der Waals surface area contributed by atoms with Gasteiger partial charge in [-0.15, -0.1) is 10.2 Å². The molecule has 2 aromatic carbocycles. The molecule has 0 saturated heterocycles. The van der Waals surface area contributed by atoms with Gasteiger partial charge in [-0.25, -0.2) is 4.39 Å². The Kier molecular flexibility index (Phi) is 7.11. The van der Waals surface area contributed by atoms with E-state index in [1.807, 2.05) is 30.5 Å². The fraction of sp³-hybridized carbons (Fsp3) is 0.250. The van der Waals surface area contributed by atoms with Crippen LogP contribution in [0.1, 0.15) is 18.3 Å². The zero-order chi connectivity index (χ0) is 20.8. The summed E-state index contributed by atoms with van der Waals surface area (Å²) in [6.07, 6.45) is 0. The zero-order valence-electron chi connectivity index (χ0n) is 16.1. The van der Waals surface area contributed by atoms with E-state index in [1.165, 1.54) is 23.9 Å². The van der Waals surface area contributed by atoms with Crippen molar-refractivity contribution in [3.05, 3.63) is 64.7 Å². The first kappa shape index (κ1) is 21.1. The molecule has 1 amide bonds. The molecule has 0 aliphatic rings. The van der Waals surface area contributed by atoms with E-state index in [-0.39, 0.29) is 17.5 Å². The highest BCUT2D eigenvalue weighted by Gasteiger charge is 2.13. The second-order valence-electron chi connectivity index (χ2n) is 6.30. The number of anilines is 2. The summed E-state index contributed by atoms with van der Waals surface area (Å²) in [5.41, 5.74) is 2.41. The van der Waals surface area contributed by atoms with Crippen LogP contribution in [-0.4, -0.2) is 26.4 Å². The van der Waals surface area contributed by atoms with E-state index >= 15 is 0 Å². The second kappa shape index (κ2) is 9.76. The summed E-state index contributed by atoms with van der Waals surface area (Å²) in [4.78, 5) is 12.3. The molecule has 0 bridgehead atoms. The lowest BCUT2D eigenvalue weighted by Crippen LogP contribution is -2.15. The van der Waals surface area contributed by atoms with Crippen LogP contribution in [0.15, 0.2) is 47.6 Å². The van der Waals surface area contributed by atoms with Gasteiger partial charge in [0.2, 0.25) is 5.91 Å². The molecule has 2 N–H and O–H groups in total. The van der Waals surface area contributed by atoms with Crippen molar-refractivity contribution in [1.29, 1.82) is 0 Å². The highest BCUT2D eigenvalue weighted by Crippen LogP contribution is 2.21. The Hall–Kier alpha value is -2.58. The summed E-state index contributed by atoms with van der Waals surface area (Å²) in [6, 6.07) is 11.5. The van der Waals surface area contributed by atoms with Crippen molar-refractivity contribution in [1.82, 2.24) is 14.8 Å². The molecule has 9 heteroatoms. The van der Waals surface area contributed by atoms with Gasteiger partial charge in [0.15, 0.2) is 11.0 Å². The summed E-state index contributed by atoms with van der Waals surface area (Å²) >= 11 is 7.41. The summed E-state index contributed by atoms with van der Waals surface area (Å²) < 4.78 is 14.9. The van der Waals surface area contributed by atoms with Gasteiger partial charge in [-0.3, -0.25) is 4.79 Å². The van der Waals surface area contributed by atoms with Crippen LogP contribution in [0.3, 0.4) is 0 Å². The van der Waals surface area contributed by atoms with Gasteiger partial charge in [0.1, 0.15) is 5.82 Å². The van der Waals surface area contributed by atoms with Crippen LogP contribution in [-0.2, 0) is 17.9 Å². The summed E-state index contributed by atoms with van der Waals surface area (Å²) in [6.45, 7) is 5.01. The molecule has 1 aromatic heterocycles. The first-order chi connectivity index (χ1) is 14.0. The van der Waals surface area contributed by atoms with Crippen molar-refractivity contribution in [2.75, 3.05) is 16.4 Å². The predicted molar refractivity (Wildman–Crippen MR) is 115 cm³/mol. The van der Waals surface area contributed by atoms with E-state index in [0.717, 1.165) is 17.1 Å². The molecule has 0 fully saturated rings. The molecule has 1 heterocycles. The van der Waals surface area contributed by atoms with E-state index in [4.69, 9.17) is 11.6 Å². The van der Waals surface area contributed by atoms with Crippen molar-refractivity contribution in [3.63, 3.8) is 0 Å². The third kappa shape index (κ3) is 5.71. The minimum Gasteiger partial charge on any atom is -0.378 e. The number of hydrogen-bond acceptors (Lipinski definition) is 5. The number of aromatic nitrogens is 3. The number of thioether (sulfide) groups is 1. The molecule has 0 radical (unpaired) electrons. The van der Waals surface area contributed by atoms with E-state index in [1.54, 1.807) is 18.2 Å². The number of halogens is 2. The quantitative estimate of drug-likeness (QED) is 0.502. The van der Waals surface area contributed by atoms with Crippen LogP contribution in [0.2, 0.25) is 5.02 Å². The lowest BCUT2D eigenvalue weighted by molar-refractivity contribution is -0.113. The zero-order valence-corrected chi connectivity index (χ0v) is 17.6. The third-order valence-corrected chi connectivity index (χ3v) is 5.57. The van der Waals surface area contributed by atoms with Gasteiger partial charge in [-0.05, 0) is 55.8 Å². The van der Waals surface area contributed by atoms with Gasteiger partial charge in [0.05, 0.1) is 12.3 Å². The smallest absolute Gasteiger partial charge is 0.234 e. The standard InChI is InChI=1S/C20H21ClFN5OS/c1-3-27-18(11-23-15-8-5-14(22)6-9-15)25-26-20(27)29-12-19(28)24-16-7-4-13(2)17(21)10-16/h4-10,23H,3,11-12H2,1-2H3,(H,24,28). The van der Waals surface area contributed by atoms with Crippen LogP contribution in [0.5, 0.6) is 0 Å². The summed E-state index contributed by atoms with van der Waals surface area (Å²) in [5, 5.41) is 15.7. The highest BCUT2D eigenvalue weighted by atomic mass is 35.5. The molecule has 3 aromatic rings. The first-order valence-electron chi connectivity index (χ1n) is 9.06. The normalized spacial score (nSPS) is 10.8. The predicted octanol–water partition coefficient (Wildman–Crippen LogP) is 4.74. The van der Waals surface area contributed by atoms with E-state index in [2.05, 4.69) is 20.8 Å². The number of amides is 1. The Balaban J connectivity index is 1.57. The van der Waals surface area contributed by atoms with Gasteiger partial charge in [0, 0.05) is 22.9 Å². The second-order valence-corrected chi connectivity index (χ2v) is 7.65. The number of benzene rings is 2. The van der Waals surface area contributed by atoms with Crippen molar-refractivity contribution < 1.29 is 9.18 Å². The Labute approximate surface area is 177 Å². The lowest BCUT2D eigenvalue weighted by Gasteiger charge is -2.09. The van der Waals surface area contributed by atoms with Crippen molar-refractivity contribution in [3.8, 4) is 0 Å². The number of carbonyl (C=O) groups is 1. The molecule has 0 aliphatic carbocycles. The van der Waals surface area contributed by atoms with Crippen molar-refractivity contribution in [2.24, 2.45) is 0 Å². The Bertz CT molecular complexity index is 993. The Morgan fingerprint density at radius 2 is 1.90 bits per heavy atom. The molecule has 3 rings (SSSR count). The van der Waals surface area contributed by atoms with Gasteiger partial charge in [-0.1, -0.05) is 29.4 Å². The average molecular weight is 434 g/mol. The van der Waals surface area contributed by atoms with E-state index in [0.29, 0.717) is 29.0 Å². The maximum Gasteiger partial charge on any atom is 0.234 e. The fourth-order valence-corrected chi connectivity index (χ4v) is 3.62. The van der Waals surface area contributed by atoms with E-state index < -0.39 is 0 Å². The summed E-state index contributed by atoms with van der Waals surface area (Å²) in [5.74, 6) is 0.517. The molecule has 29 heavy (non-hydrogen) atoms. The third-order valence-electron chi connectivity index (χ3n) is 4.19. The van der Waals surface area contributed by atoms with Crippen molar-refractivity contribution >= 4 is 40.6 Å². The first-order valence-corrected chi connectivity index (χ1v) is 10.4. The minimum absolute atomic E-state index is 0.147. The molecule has 0 atom stereocenters. The van der Waals surface area contributed by atoms with E-state index in [9.17, 15) is 9.18 Å². The maximum absolute atomic E-state index is 13.0. The van der Waals surface area contributed by atoms with Crippen LogP contribution in [0, 0.1) is 12.7 Å². The SMILES string of the molecule is CCn1c(CNc2ccc(F)cc2)nnc1SCC(=O)Nc1ccc(C)c(Cl)c1. The molecule has 0 unspecified atom stereocenters. The van der Waals surface area contributed by atoms with Gasteiger partial charge in [-0.2, -0.15) is 0 Å². The number of aryl methyl sites for hydroxylation is 1. The number of hydrogen-bond donors (Lipinski definition) is 2. The molecule has 6 nitrogen and oxygen atoms in total. The number of nitrogens with one attached hydrogen (secondary N) is 2. The van der Waals surface area contributed by atoms with Crippen LogP contribution < -0.4 is 10.6 Å². The maximum atomic E-state index is 13.0. The number of carbonyl (C=O) groups excluding carboxylic acids is 1.